The second-order valence-electron chi connectivity index (χ2n) is 3.81. The van der Waals surface area contributed by atoms with E-state index in [1.807, 2.05) is 11.8 Å². The van der Waals surface area contributed by atoms with Crippen molar-refractivity contribution in [2.45, 2.75) is 12.5 Å². The van der Waals surface area contributed by atoms with Gasteiger partial charge in [0, 0.05) is 11.8 Å². The van der Waals surface area contributed by atoms with Crippen molar-refractivity contribution in [1.29, 1.82) is 0 Å². The number of nitrogen functional groups attached to an aromatic ring is 1. The predicted octanol–water partition coefficient (Wildman–Crippen LogP) is 1.88. The summed E-state index contributed by atoms with van der Waals surface area (Å²) in [4.78, 5) is 10.8. The summed E-state index contributed by atoms with van der Waals surface area (Å²) in [6.45, 7) is 0. The van der Waals surface area contributed by atoms with E-state index in [1.165, 1.54) is 6.07 Å². The van der Waals surface area contributed by atoms with E-state index in [4.69, 9.17) is 10.8 Å². The minimum absolute atomic E-state index is 0.266. The molecule has 4 nitrogen and oxygen atoms in total. The van der Waals surface area contributed by atoms with E-state index in [-0.39, 0.29) is 5.56 Å². The predicted molar refractivity (Wildman–Crippen MR) is 67.2 cm³/mol. The maximum atomic E-state index is 10.8. The number of rotatable bonds is 3. The van der Waals surface area contributed by atoms with Crippen LogP contribution in [0.2, 0.25) is 0 Å². The molecule has 1 aliphatic rings. The van der Waals surface area contributed by atoms with E-state index in [0.717, 1.165) is 23.6 Å². The summed E-state index contributed by atoms with van der Waals surface area (Å²) in [5.41, 5.74) is 7.40. The first kappa shape index (κ1) is 11.1. The summed E-state index contributed by atoms with van der Waals surface area (Å²) >= 11 is 1.90. The molecule has 1 aliphatic heterocycles. The van der Waals surface area contributed by atoms with Gasteiger partial charge in [-0.25, -0.2) is 4.79 Å². The number of thioether (sulfide) groups is 1. The fraction of sp³-hybridized carbons (Fsp3) is 0.364. The fourth-order valence-corrected chi connectivity index (χ4v) is 2.83. The number of hydrogen-bond donors (Lipinski definition) is 3. The van der Waals surface area contributed by atoms with Crippen LogP contribution in [0.1, 0.15) is 16.8 Å². The van der Waals surface area contributed by atoms with Crippen LogP contribution in [0.5, 0.6) is 0 Å². The van der Waals surface area contributed by atoms with E-state index >= 15 is 0 Å². The van der Waals surface area contributed by atoms with E-state index in [0.29, 0.717) is 11.7 Å². The molecule has 0 aromatic heterocycles. The zero-order valence-electron chi connectivity index (χ0n) is 8.77. The van der Waals surface area contributed by atoms with E-state index in [9.17, 15) is 4.79 Å². The third-order valence-electron chi connectivity index (χ3n) is 2.59. The molecule has 86 valence electrons. The molecule has 0 spiro atoms. The van der Waals surface area contributed by atoms with E-state index in [1.54, 1.807) is 12.1 Å². The Hall–Kier alpha value is -1.36. The molecule has 5 heteroatoms. The van der Waals surface area contributed by atoms with Crippen molar-refractivity contribution >= 4 is 29.1 Å². The monoisotopic (exact) mass is 238 g/mol. The number of hydrogen-bond acceptors (Lipinski definition) is 4. The van der Waals surface area contributed by atoms with Gasteiger partial charge in [-0.2, -0.15) is 11.8 Å². The lowest BCUT2D eigenvalue weighted by Gasteiger charge is -2.15. The van der Waals surface area contributed by atoms with E-state index in [2.05, 4.69) is 5.32 Å². The van der Waals surface area contributed by atoms with Crippen molar-refractivity contribution in [1.82, 2.24) is 0 Å². The van der Waals surface area contributed by atoms with Crippen molar-refractivity contribution in [2.75, 3.05) is 22.6 Å². The van der Waals surface area contributed by atoms with Gasteiger partial charge in [-0.05, 0) is 30.4 Å². The Kier molecular flexibility index (Phi) is 3.24. The molecule has 1 saturated heterocycles. The maximum Gasteiger partial charge on any atom is 0.335 e. The van der Waals surface area contributed by atoms with Crippen LogP contribution in [0.4, 0.5) is 11.4 Å². The summed E-state index contributed by atoms with van der Waals surface area (Å²) in [6.07, 6.45) is 1.10. The van der Waals surface area contributed by atoms with Crippen molar-refractivity contribution in [3.63, 3.8) is 0 Å². The van der Waals surface area contributed by atoms with Crippen molar-refractivity contribution in [3.05, 3.63) is 23.8 Å². The van der Waals surface area contributed by atoms with Crippen LogP contribution < -0.4 is 11.1 Å². The molecule has 1 aromatic carbocycles. The first-order valence-corrected chi connectivity index (χ1v) is 6.29. The highest BCUT2D eigenvalue weighted by Crippen LogP contribution is 2.25. The second-order valence-corrected chi connectivity index (χ2v) is 4.96. The number of nitrogens with two attached hydrogens (primary N) is 1. The average molecular weight is 238 g/mol. The largest absolute Gasteiger partial charge is 0.478 e. The summed E-state index contributed by atoms with van der Waals surface area (Å²) in [5, 5.41) is 12.2. The fourth-order valence-electron chi connectivity index (χ4n) is 1.68. The van der Waals surface area contributed by atoms with Gasteiger partial charge < -0.3 is 16.2 Å². The van der Waals surface area contributed by atoms with Crippen LogP contribution in [-0.4, -0.2) is 28.6 Å². The van der Waals surface area contributed by atoms with Gasteiger partial charge in [-0.15, -0.1) is 0 Å². The van der Waals surface area contributed by atoms with Gasteiger partial charge >= 0.3 is 5.97 Å². The Bertz CT molecular complexity index is 403. The molecule has 0 radical (unpaired) electrons. The number of aromatic carboxylic acids is 1. The molecule has 0 bridgehead atoms. The highest BCUT2D eigenvalue weighted by molar-refractivity contribution is 7.99. The third-order valence-corrected chi connectivity index (χ3v) is 3.75. The first-order chi connectivity index (χ1) is 7.66. The topological polar surface area (TPSA) is 75.4 Å². The summed E-state index contributed by atoms with van der Waals surface area (Å²) < 4.78 is 0. The van der Waals surface area contributed by atoms with Gasteiger partial charge in [0.05, 0.1) is 16.9 Å². The lowest BCUT2D eigenvalue weighted by atomic mass is 10.1. The minimum atomic E-state index is -0.927. The highest BCUT2D eigenvalue weighted by atomic mass is 32.2. The normalized spacial score (nSPS) is 19.6. The SMILES string of the molecule is Nc1ccc(C(=O)O)cc1NC1CCSC1. The van der Waals surface area contributed by atoms with Crippen LogP contribution in [-0.2, 0) is 0 Å². The Morgan fingerprint density at radius 1 is 1.56 bits per heavy atom. The molecular formula is C11H14N2O2S. The lowest BCUT2D eigenvalue weighted by molar-refractivity contribution is 0.0697. The van der Waals surface area contributed by atoms with Gasteiger partial charge in [0.2, 0.25) is 0 Å². The van der Waals surface area contributed by atoms with Crippen LogP contribution in [0.3, 0.4) is 0 Å². The van der Waals surface area contributed by atoms with Crippen LogP contribution >= 0.6 is 11.8 Å². The molecule has 1 aromatic rings. The number of carboxylic acid groups (broad SMARTS) is 1. The second kappa shape index (κ2) is 4.65. The quantitative estimate of drug-likeness (QED) is 0.701. The number of carboxylic acids is 1. The van der Waals surface area contributed by atoms with Crippen molar-refractivity contribution in [3.8, 4) is 0 Å². The summed E-state index contributed by atoms with van der Waals surface area (Å²) in [7, 11) is 0. The Balaban J connectivity index is 2.17. The Morgan fingerprint density at radius 3 is 3.00 bits per heavy atom. The first-order valence-electron chi connectivity index (χ1n) is 5.14. The van der Waals surface area contributed by atoms with E-state index < -0.39 is 5.97 Å². The number of anilines is 2. The Morgan fingerprint density at radius 2 is 2.38 bits per heavy atom. The molecular weight excluding hydrogens is 224 g/mol. The lowest BCUT2D eigenvalue weighted by Crippen LogP contribution is -2.19. The van der Waals surface area contributed by atoms with Crippen molar-refractivity contribution < 1.29 is 9.90 Å². The number of carbonyl (C=O) groups is 1. The van der Waals surface area contributed by atoms with Gasteiger partial charge in [0.15, 0.2) is 0 Å². The average Bonchev–Trinajstić information content (AvgIpc) is 2.73. The molecule has 1 fully saturated rings. The van der Waals surface area contributed by atoms with Gasteiger partial charge in [0.25, 0.3) is 0 Å². The molecule has 0 saturated carbocycles. The van der Waals surface area contributed by atoms with Gasteiger partial charge in [0.1, 0.15) is 0 Å². The van der Waals surface area contributed by atoms with Crippen molar-refractivity contribution in [2.24, 2.45) is 0 Å². The standard InChI is InChI=1S/C11H14N2O2S/c12-9-2-1-7(11(14)15)5-10(9)13-8-3-4-16-6-8/h1-2,5,8,13H,3-4,6,12H2,(H,14,15). The Labute approximate surface area is 98.2 Å². The number of nitrogens with one attached hydrogen (secondary N) is 1. The number of benzene rings is 1. The minimum Gasteiger partial charge on any atom is -0.478 e. The van der Waals surface area contributed by atoms with Gasteiger partial charge in [-0.1, -0.05) is 0 Å². The molecule has 16 heavy (non-hydrogen) atoms. The summed E-state index contributed by atoms with van der Waals surface area (Å²) in [5.74, 6) is 1.27. The smallest absolute Gasteiger partial charge is 0.335 e. The third kappa shape index (κ3) is 2.41. The molecule has 0 amide bonds. The molecule has 1 unspecified atom stereocenters. The molecule has 2 rings (SSSR count). The van der Waals surface area contributed by atoms with Gasteiger partial charge in [-0.3, -0.25) is 0 Å². The molecule has 1 atom stereocenters. The van der Waals surface area contributed by atoms with Crippen LogP contribution in [0, 0.1) is 0 Å². The zero-order valence-corrected chi connectivity index (χ0v) is 9.59. The van der Waals surface area contributed by atoms with Crippen LogP contribution in [0.25, 0.3) is 0 Å². The molecule has 0 aliphatic carbocycles. The highest BCUT2D eigenvalue weighted by Gasteiger charge is 2.16. The molecule has 4 N–H and O–H groups in total. The maximum absolute atomic E-state index is 10.8. The molecule has 1 heterocycles. The summed E-state index contributed by atoms with van der Waals surface area (Å²) in [6, 6.07) is 5.15. The van der Waals surface area contributed by atoms with Crippen LogP contribution in [0.15, 0.2) is 18.2 Å². The zero-order chi connectivity index (χ0) is 11.5.